The molecule has 2 N–H and O–H groups in total. The van der Waals surface area contributed by atoms with E-state index in [4.69, 9.17) is 4.74 Å². The summed E-state index contributed by atoms with van der Waals surface area (Å²) in [5, 5.41) is 13.7. The fourth-order valence-corrected chi connectivity index (χ4v) is 4.10. The molecule has 0 bridgehead atoms. The maximum absolute atomic E-state index is 9.86. The molecule has 1 atom stereocenters. The second-order valence-electron chi connectivity index (χ2n) is 7.45. The zero-order valence-electron chi connectivity index (χ0n) is 15.4. The van der Waals surface area contributed by atoms with Crippen LogP contribution in [0.5, 0.6) is 0 Å². The topological polar surface area (TPSA) is 48.0 Å². The quantitative estimate of drug-likeness (QED) is 0.786. The van der Waals surface area contributed by atoms with Crippen LogP contribution < -0.4 is 10.2 Å². The van der Waals surface area contributed by atoms with Crippen molar-refractivity contribution in [1.29, 1.82) is 0 Å². The molecular weight excluding hydrogens is 314 g/mol. The molecule has 2 fully saturated rings. The van der Waals surface area contributed by atoms with E-state index in [2.05, 4.69) is 45.4 Å². The summed E-state index contributed by atoms with van der Waals surface area (Å²) in [6.45, 7) is 5.59. The lowest BCUT2D eigenvalue weighted by molar-refractivity contribution is 0.0306. The number of anilines is 1. The van der Waals surface area contributed by atoms with Gasteiger partial charge in [0, 0.05) is 44.5 Å². The first kappa shape index (κ1) is 18.6. The van der Waals surface area contributed by atoms with Gasteiger partial charge in [0.15, 0.2) is 0 Å². The van der Waals surface area contributed by atoms with Gasteiger partial charge in [0.25, 0.3) is 0 Å². The molecule has 0 spiro atoms. The SMILES string of the molecule is COCC(O)CN1CCC(NC2CCN(c3ccccc3)CC2)CC1. The van der Waals surface area contributed by atoms with Crippen LogP contribution in [0.25, 0.3) is 0 Å². The average Bonchev–Trinajstić information content (AvgIpc) is 2.65. The Morgan fingerprint density at radius 2 is 1.64 bits per heavy atom. The van der Waals surface area contributed by atoms with Crippen LogP contribution in [0.1, 0.15) is 25.7 Å². The van der Waals surface area contributed by atoms with Gasteiger partial charge in [0.2, 0.25) is 0 Å². The molecule has 1 aromatic rings. The molecule has 2 heterocycles. The fourth-order valence-electron chi connectivity index (χ4n) is 4.10. The van der Waals surface area contributed by atoms with E-state index in [0.29, 0.717) is 18.7 Å². The van der Waals surface area contributed by atoms with Gasteiger partial charge in [-0.05, 0) is 50.9 Å². The molecule has 5 heteroatoms. The molecule has 1 unspecified atom stereocenters. The molecule has 5 nitrogen and oxygen atoms in total. The third-order valence-electron chi connectivity index (χ3n) is 5.50. The van der Waals surface area contributed by atoms with Gasteiger partial charge in [-0.15, -0.1) is 0 Å². The number of hydrogen-bond donors (Lipinski definition) is 2. The van der Waals surface area contributed by atoms with Crippen LogP contribution in [-0.2, 0) is 4.74 Å². The normalized spacial score (nSPS) is 22.2. The number of aliphatic hydroxyl groups is 1. The minimum absolute atomic E-state index is 0.364. The lowest BCUT2D eigenvalue weighted by Gasteiger charge is -2.38. The summed E-state index contributed by atoms with van der Waals surface area (Å²) < 4.78 is 5.01. The van der Waals surface area contributed by atoms with E-state index < -0.39 is 0 Å². The maximum Gasteiger partial charge on any atom is 0.0900 e. The first-order valence-electron chi connectivity index (χ1n) is 9.70. The van der Waals surface area contributed by atoms with E-state index in [1.165, 1.54) is 31.4 Å². The molecule has 1 aromatic carbocycles. The number of nitrogens with one attached hydrogen (secondary N) is 1. The number of aliphatic hydroxyl groups excluding tert-OH is 1. The smallest absolute Gasteiger partial charge is 0.0900 e. The predicted molar refractivity (Wildman–Crippen MR) is 102 cm³/mol. The second-order valence-corrected chi connectivity index (χ2v) is 7.45. The molecule has 0 radical (unpaired) electrons. The molecule has 2 aliphatic heterocycles. The van der Waals surface area contributed by atoms with Crippen LogP contribution in [0.3, 0.4) is 0 Å². The van der Waals surface area contributed by atoms with Gasteiger partial charge in [-0.3, -0.25) is 0 Å². The molecule has 0 amide bonds. The summed E-state index contributed by atoms with van der Waals surface area (Å²) in [6.07, 6.45) is 4.44. The van der Waals surface area contributed by atoms with E-state index in [1.807, 2.05) is 0 Å². The van der Waals surface area contributed by atoms with E-state index >= 15 is 0 Å². The highest BCUT2D eigenvalue weighted by Gasteiger charge is 2.25. The van der Waals surface area contributed by atoms with Gasteiger partial charge in [-0.1, -0.05) is 18.2 Å². The van der Waals surface area contributed by atoms with Crippen molar-refractivity contribution in [2.45, 2.75) is 43.9 Å². The number of β-amino-alcohol motifs (C(OH)–C–C–N with tert-alkyl or cyclic N) is 1. The Balaban J connectivity index is 1.35. The highest BCUT2D eigenvalue weighted by molar-refractivity contribution is 5.46. The Kier molecular flexibility index (Phi) is 7.11. The van der Waals surface area contributed by atoms with Crippen LogP contribution in [0, 0.1) is 0 Å². The number of ether oxygens (including phenoxy) is 1. The van der Waals surface area contributed by atoms with Crippen molar-refractivity contribution in [2.75, 3.05) is 51.3 Å². The summed E-state index contributed by atoms with van der Waals surface area (Å²) in [5.41, 5.74) is 1.35. The van der Waals surface area contributed by atoms with Crippen molar-refractivity contribution < 1.29 is 9.84 Å². The van der Waals surface area contributed by atoms with Crippen LogP contribution in [-0.4, -0.2) is 74.6 Å². The Bertz CT molecular complexity index is 483. The lowest BCUT2D eigenvalue weighted by Crippen LogP contribution is -2.50. The van der Waals surface area contributed by atoms with Gasteiger partial charge in [-0.25, -0.2) is 0 Å². The molecular formula is C20H33N3O2. The molecule has 2 saturated heterocycles. The Morgan fingerprint density at radius 1 is 1.04 bits per heavy atom. The summed E-state index contributed by atoms with van der Waals surface area (Å²) in [5.74, 6) is 0. The minimum atomic E-state index is -0.364. The summed E-state index contributed by atoms with van der Waals surface area (Å²) in [4.78, 5) is 4.86. The first-order valence-corrected chi connectivity index (χ1v) is 9.70. The molecule has 0 saturated carbocycles. The molecule has 0 aromatic heterocycles. The van der Waals surface area contributed by atoms with Crippen molar-refractivity contribution >= 4 is 5.69 Å². The standard InChI is InChI=1S/C20H33N3O2/c1-25-16-20(24)15-22-11-7-17(8-12-22)21-18-9-13-23(14-10-18)19-5-3-2-4-6-19/h2-6,17-18,20-21,24H,7-16H2,1H3. The van der Waals surface area contributed by atoms with Crippen molar-refractivity contribution in [1.82, 2.24) is 10.2 Å². The van der Waals surface area contributed by atoms with E-state index in [1.54, 1.807) is 7.11 Å². The summed E-state index contributed by atoms with van der Waals surface area (Å²) in [6, 6.07) is 12.0. The second kappa shape index (κ2) is 9.53. The van der Waals surface area contributed by atoms with Crippen molar-refractivity contribution in [3.8, 4) is 0 Å². The van der Waals surface area contributed by atoms with Crippen LogP contribution in [0.4, 0.5) is 5.69 Å². The fraction of sp³-hybridized carbons (Fsp3) is 0.700. The number of benzene rings is 1. The van der Waals surface area contributed by atoms with Gasteiger partial charge in [0.1, 0.15) is 0 Å². The third-order valence-corrected chi connectivity index (χ3v) is 5.50. The third kappa shape index (κ3) is 5.68. The van der Waals surface area contributed by atoms with Crippen molar-refractivity contribution in [3.05, 3.63) is 30.3 Å². The average molecular weight is 348 g/mol. The van der Waals surface area contributed by atoms with E-state index in [0.717, 1.165) is 32.7 Å². The Morgan fingerprint density at radius 3 is 2.24 bits per heavy atom. The van der Waals surface area contributed by atoms with E-state index in [9.17, 15) is 5.11 Å². The Labute approximate surface area is 152 Å². The highest BCUT2D eigenvalue weighted by Crippen LogP contribution is 2.21. The maximum atomic E-state index is 9.86. The lowest BCUT2D eigenvalue weighted by atomic mass is 9.99. The van der Waals surface area contributed by atoms with Crippen LogP contribution in [0.15, 0.2) is 30.3 Å². The summed E-state index contributed by atoms with van der Waals surface area (Å²) >= 11 is 0. The summed E-state index contributed by atoms with van der Waals surface area (Å²) in [7, 11) is 1.64. The van der Waals surface area contributed by atoms with Crippen LogP contribution >= 0.6 is 0 Å². The Hall–Kier alpha value is -1.14. The minimum Gasteiger partial charge on any atom is -0.389 e. The zero-order chi connectivity index (χ0) is 17.5. The number of piperidine rings is 2. The molecule has 2 aliphatic rings. The van der Waals surface area contributed by atoms with Gasteiger partial charge in [-0.2, -0.15) is 0 Å². The van der Waals surface area contributed by atoms with Gasteiger partial charge >= 0.3 is 0 Å². The number of likely N-dealkylation sites (tertiary alicyclic amines) is 1. The van der Waals surface area contributed by atoms with Gasteiger partial charge < -0.3 is 25.0 Å². The molecule has 3 rings (SSSR count). The molecule has 25 heavy (non-hydrogen) atoms. The van der Waals surface area contributed by atoms with Crippen molar-refractivity contribution in [3.63, 3.8) is 0 Å². The largest absolute Gasteiger partial charge is 0.389 e. The number of para-hydroxylation sites is 1. The van der Waals surface area contributed by atoms with Gasteiger partial charge in [0.05, 0.1) is 12.7 Å². The van der Waals surface area contributed by atoms with Crippen molar-refractivity contribution in [2.24, 2.45) is 0 Å². The van der Waals surface area contributed by atoms with Crippen LogP contribution in [0.2, 0.25) is 0 Å². The highest BCUT2D eigenvalue weighted by atomic mass is 16.5. The number of hydrogen-bond acceptors (Lipinski definition) is 5. The first-order chi connectivity index (χ1) is 12.2. The number of nitrogens with zero attached hydrogens (tertiary/aromatic N) is 2. The molecule has 140 valence electrons. The monoisotopic (exact) mass is 347 g/mol. The number of methoxy groups -OCH3 is 1. The van der Waals surface area contributed by atoms with E-state index in [-0.39, 0.29) is 6.10 Å². The predicted octanol–water partition coefficient (Wildman–Crippen LogP) is 1.72. The molecule has 0 aliphatic carbocycles. The zero-order valence-corrected chi connectivity index (χ0v) is 15.4. The number of rotatable bonds is 7.